The smallest absolute Gasteiger partial charge is 0.181 e. The summed E-state index contributed by atoms with van der Waals surface area (Å²) in [5.41, 5.74) is 9.22. The molecule has 0 spiro atoms. The monoisotopic (exact) mass is 521 g/mol. The molecule has 0 fully saturated rings. The van der Waals surface area contributed by atoms with E-state index in [4.69, 9.17) is 4.42 Å². The molecule has 3 aromatic rings. The quantitative estimate of drug-likeness (QED) is 0.390. The van der Waals surface area contributed by atoms with E-state index in [1.54, 1.807) is 13.1 Å². The molecule has 0 saturated carbocycles. The summed E-state index contributed by atoms with van der Waals surface area (Å²) in [6, 6.07) is 17.7. The molecular formula is C27H31N5O4S. The van der Waals surface area contributed by atoms with E-state index in [0.29, 0.717) is 31.8 Å². The first-order valence-electron chi connectivity index (χ1n) is 12.3. The molecule has 5 rings (SSSR count). The van der Waals surface area contributed by atoms with Gasteiger partial charge in [0.1, 0.15) is 5.37 Å². The second-order valence-corrected chi connectivity index (χ2v) is 11.5. The van der Waals surface area contributed by atoms with Crippen LogP contribution in [0.4, 0.5) is 11.4 Å². The van der Waals surface area contributed by atoms with Gasteiger partial charge in [0.2, 0.25) is 0 Å². The molecule has 0 amide bonds. The van der Waals surface area contributed by atoms with Gasteiger partial charge in [0.05, 0.1) is 30.7 Å². The van der Waals surface area contributed by atoms with Crippen molar-refractivity contribution in [3.63, 3.8) is 0 Å². The summed E-state index contributed by atoms with van der Waals surface area (Å²) in [5, 5.41) is 14.5. The summed E-state index contributed by atoms with van der Waals surface area (Å²) in [4.78, 5) is 6.03. The number of oxazole rings is 1. The molecule has 0 saturated heterocycles. The van der Waals surface area contributed by atoms with Gasteiger partial charge in [-0.1, -0.05) is 25.1 Å². The van der Waals surface area contributed by atoms with Crippen molar-refractivity contribution in [1.82, 2.24) is 15.3 Å². The molecule has 0 bridgehead atoms. The van der Waals surface area contributed by atoms with Gasteiger partial charge >= 0.3 is 0 Å². The van der Waals surface area contributed by atoms with Crippen LogP contribution in [0, 0.1) is 0 Å². The average Bonchev–Trinajstić information content (AvgIpc) is 3.47. The minimum Gasteiger partial charge on any atom is -0.444 e. The fourth-order valence-corrected chi connectivity index (χ4v) is 5.91. The number of aromatic nitrogens is 1. The summed E-state index contributed by atoms with van der Waals surface area (Å²) in [6.07, 6.45) is 5.47. The van der Waals surface area contributed by atoms with Gasteiger partial charge in [-0.2, -0.15) is 0 Å². The Morgan fingerprint density at radius 3 is 2.65 bits per heavy atom. The van der Waals surface area contributed by atoms with E-state index in [-0.39, 0.29) is 12.4 Å². The molecule has 37 heavy (non-hydrogen) atoms. The number of sulfone groups is 1. The molecule has 194 valence electrons. The normalized spacial score (nSPS) is 17.8. The number of hydrazine groups is 1. The zero-order valence-corrected chi connectivity index (χ0v) is 21.5. The molecule has 1 unspecified atom stereocenters. The first kappa shape index (κ1) is 25.1. The number of nitrogens with one attached hydrogen (secondary N) is 2. The molecule has 1 aromatic heterocycles. The van der Waals surface area contributed by atoms with E-state index < -0.39 is 15.2 Å². The topological polar surface area (TPSA) is 111 Å². The van der Waals surface area contributed by atoms with Gasteiger partial charge in [-0.25, -0.2) is 13.4 Å². The summed E-state index contributed by atoms with van der Waals surface area (Å²) in [6.45, 7) is 3.09. The third kappa shape index (κ3) is 5.41. The zero-order chi connectivity index (χ0) is 25.8. The molecule has 9 nitrogen and oxygen atoms in total. The molecule has 0 aliphatic carbocycles. The molecule has 1 atom stereocenters. The van der Waals surface area contributed by atoms with E-state index in [9.17, 15) is 13.5 Å². The van der Waals surface area contributed by atoms with Crippen LogP contribution < -0.4 is 15.6 Å². The third-order valence-electron chi connectivity index (χ3n) is 6.70. The highest BCUT2D eigenvalue weighted by Gasteiger charge is 2.35. The molecular weight excluding hydrogens is 490 g/mol. The Labute approximate surface area is 217 Å². The van der Waals surface area contributed by atoms with Gasteiger partial charge in [-0.15, -0.1) is 0 Å². The number of aliphatic hydroxyl groups excluding tert-OH is 1. The average molecular weight is 522 g/mol. The summed E-state index contributed by atoms with van der Waals surface area (Å²) in [7, 11) is -3.26. The minimum absolute atomic E-state index is 0.0414. The van der Waals surface area contributed by atoms with Gasteiger partial charge in [0, 0.05) is 42.7 Å². The van der Waals surface area contributed by atoms with Crippen molar-refractivity contribution in [2.24, 2.45) is 0 Å². The van der Waals surface area contributed by atoms with Crippen molar-refractivity contribution in [1.29, 1.82) is 0 Å². The van der Waals surface area contributed by atoms with Crippen molar-refractivity contribution in [3.05, 3.63) is 90.2 Å². The Bertz CT molecular complexity index is 1370. The van der Waals surface area contributed by atoms with Crippen molar-refractivity contribution < 1.29 is 17.9 Å². The van der Waals surface area contributed by atoms with Crippen LogP contribution in [0.5, 0.6) is 0 Å². The predicted octanol–water partition coefficient (Wildman–Crippen LogP) is 3.38. The number of aliphatic hydroxyl groups is 1. The Hall–Kier alpha value is -3.60. The fraction of sp³-hybridized carbons (Fsp3) is 0.296. The molecule has 10 heteroatoms. The number of hydrogen-bond donors (Lipinski definition) is 3. The van der Waals surface area contributed by atoms with Crippen molar-refractivity contribution in [3.8, 4) is 11.3 Å². The summed E-state index contributed by atoms with van der Waals surface area (Å²) in [5.74, 6) is 0.789. The van der Waals surface area contributed by atoms with E-state index in [1.165, 1.54) is 6.39 Å². The van der Waals surface area contributed by atoms with Crippen LogP contribution in [0.1, 0.15) is 13.3 Å². The minimum atomic E-state index is -3.26. The van der Waals surface area contributed by atoms with Crippen molar-refractivity contribution >= 4 is 21.2 Å². The highest BCUT2D eigenvalue weighted by atomic mass is 32.2. The number of benzene rings is 2. The van der Waals surface area contributed by atoms with Crippen LogP contribution in [0.15, 0.2) is 94.6 Å². The highest BCUT2D eigenvalue weighted by Crippen LogP contribution is 2.35. The van der Waals surface area contributed by atoms with Crippen molar-refractivity contribution in [2.45, 2.75) is 18.7 Å². The first-order valence-corrected chi connectivity index (χ1v) is 14.0. The predicted molar refractivity (Wildman–Crippen MR) is 144 cm³/mol. The Kier molecular flexibility index (Phi) is 7.31. The maximum absolute atomic E-state index is 12.7. The Morgan fingerprint density at radius 1 is 1.19 bits per heavy atom. The number of rotatable bonds is 9. The van der Waals surface area contributed by atoms with Gasteiger partial charge in [0.15, 0.2) is 22.0 Å². The van der Waals surface area contributed by atoms with Gasteiger partial charge < -0.3 is 14.4 Å². The maximum Gasteiger partial charge on any atom is 0.181 e. The van der Waals surface area contributed by atoms with E-state index in [2.05, 4.69) is 20.6 Å². The van der Waals surface area contributed by atoms with Crippen LogP contribution >= 0.6 is 0 Å². The summed E-state index contributed by atoms with van der Waals surface area (Å²) < 4.78 is 30.8. The SMILES string of the molecule is CCS(=O)(=O)C1CC2=C(CN1)CN(Nc1ccc(-c3cnco3)cc1)C=C2N(CCO)c1ccccc1. The lowest BCUT2D eigenvalue weighted by molar-refractivity contribution is 0.304. The number of hydrogen-bond acceptors (Lipinski definition) is 9. The molecule has 2 aromatic carbocycles. The lowest BCUT2D eigenvalue weighted by Crippen LogP contribution is -2.47. The Balaban J connectivity index is 1.47. The second-order valence-electron chi connectivity index (χ2n) is 9.02. The fourth-order valence-electron chi connectivity index (χ4n) is 4.75. The molecule has 2 aliphatic rings. The van der Waals surface area contributed by atoms with E-state index in [0.717, 1.165) is 33.8 Å². The highest BCUT2D eigenvalue weighted by molar-refractivity contribution is 7.91. The molecule has 3 N–H and O–H groups in total. The molecule has 3 heterocycles. The van der Waals surface area contributed by atoms with Crippen LogP contribution in [-0.4, -0.2) is 60.9 Å². The lowest BCUT2D eigenvalue weighted by Gasteiger charge is -2.40. The lowest BCUT2D eigenvalue weighted by atomic mass is 9.94. The summed E-state index contributed by atoms with van der Waals surface area (Å²) >= 11 is 0. The van der Waals surface area contributed by atoms with Gasteiger partial charge in [-0.3, -0.25) is 15.8 Å². The molecule has 2 aliphatic heterocycles. The standard InChI is InChI=1S/C27H31N5O4S/c1-2-37(34,35)27-14-24-21(15-29-27)17-31(18-25(24)32(12-13-33)23-6-4-3-5-7-23)30-22-10-8-20(9-11-22)26-16-28-19-36-26/h3-11,16,18-19,27,29-30,33H,2,12-15,17H2,1H3. The number of nitrogens with zero attached hydrogens (tertiary/aromatic N) is 3. The largest absolute Gasteiger partial charge is 0.444 e. The third-order valence-corrected chi connectivity index (χ3v) is 8.71. The van der Waals surface area contributed by atoms with Crippen LogP contribution in [0.2, 0.25) is 0 Å². The number of anilines is 2. The Morgan fingerprint density at radius 2 is 1.97 bits per heavy atom. The first-order chi connectivity index (χ1) is 18.0. The van der Waals surface area contributed by atoms with E-state index >= 15 is 0 Å². The second kappa shape index (κ2) is 10.8. The van der Waals surface area contributed by atoms with Crippen LogP contribution in [0.3, 0.4) is 0 Å². The van der Waals surface area contributed by atoms with E-state index in [1.807, 2.05) is 65.8 Å². The van der Waals surface area contributed by atoms with Crippen LogP contribution in [-0.2, 0) is 9.84 Å². The van der Waals surface area contributed by atoms with Crippen molar-refractivity contribution in [2.75, 3.05) is 42.3 Å². The number of para-hydroxylation sites is 1. The maximum atomic E-state index is 12.7. The number of allylic oxidation sites excluding steroid dienone is 1. The van der Waals surface area contributed by atoms with Gasteiger partial charge in [-0.05, 0) is 47.5 Å². The molecule has 0 radical (unpaired) electrons. The van der Waals surface area contributed by atoms with Crippen LogP contribution in [0.25, 0.3) is 11.3 Å². The zero-order valence-electron chi connectivity index (χ0n) is 20.7. The van der Waals surface area contributed by atoms with Gasteiger partial charge in [0.25, 0.3) is 0 Å².